The second-order valence-electron chi connectivity index (χ2n) is 7.35. The summed E-state index contributed by atoms with van der Waals surface area (Å²) in [5.74, 6) is 1.06. The summed E-state index contributed by atoms with van der Waals surface area (Å²) in [5.41, 5.74) is 4.88. The Hall–Kier alpha value is -4.38. The zero-order valence-corrected chi connectivity index (χ0v) is 17.3. The molecule has 5 aromatic rings. The number of anilines is 1. The van der Waals surface area contributed by atoms with Crippen molar-refractivity contribution in [2.45, 2.75) is 6.54 Å². The highest BCUT2D eigenvalue weighted by molar-refractivity contribution is 5.92. The quantitative estimate of drug-likeness (QED) is 0.361. The number of carbonyl (C=O) groups excluding carboxylic acids is 1. The van der Waals surface area contributed by atoms with E-state index in [-0.39, 0.29) is 12.5 Å². The van der Waals surface area contributed by atoms with E-state index in [1.165, 1.54) is 0 Å². The topological polar surface area (TPSA) is 60.1 Å². The van der Waals surface area contributed by atoms with Gasteiger partial charge in [-0.25, -0.2) is 4.98 Å². The maximum atomic E-state index is 13.0. The number of aromatic nitrogens is 2. The first-order valence-corrected chi connectivity index (χ1v) is 10.4. The zero-order chi connectivity index (χ0) is 21.8. The third-order valence-corrected chi connectivity index (χ3v) is 5.24. The van der Waals surface area contributed by atoms with E-state index in [2.05, 4.69) is 28.5 Å². The Morgan fingerprint density at radius 3 is 2.22 bits per heavy atom. The van der Waals surface area contributed by atoms with Crippen LogP contribution < -0.4 is 5.32 Å². The lowest BCUT2D eigenvalue weighted by Crippen LogP contribution is -2.20. The van der Waals surface area contributed by atoms with Gasteiger partial charge in [0.1, 0.15) is 12.4 Å². The van der Waals surface area contributed by atoms with E-state index >= 15 is 0 Å². The maximum absolute atomic E-state index is 13.0. The number of rotatable bonds is 6. The monoisotopic (exact) mass is 419 g/mol. The molecule has 1 N–H and O–H groups in total. The van der Waals surface area contributed by atoms with Gasteiger partial charge in [-0.2, -0.15) is 0 Å². The fraction of sp³-hybridized carbons (Fsp3) is 0.0370. The summed E-state index contributed by atoms with van der Waals surface area (Å²) >= 11 is 0. The summed E-state index contributed by atoms with van der Waals surface area (Å²) in [6, 6.07) is 31.5. The maximum Gasteiger partial charge on any atom is 0.245 e. The SMILES string of the molecule is O=C(Cn1c(-c2ccccc2)cc(-c2ccccc2)c1-c1ccco1)Nc1ccccn1. The van der Waals surface area contributed by atoms with Gasteiger partial charge in [0.05, 0.1) is 12.0 Å². The molecule has 2 aromatic carbocycles. The molecule has 0 aliphatic heterocycles. The highest BCUT2D eigenvalue weighted by atomic mass is 16.3. The van der Waals surface area contributed by atoms with E-state index in [1.54, 1.807) is 18.5 Å². The van der Waals surface area contributed by atoms with Gasteiger partial charge in [-0.1, -0.05) is 66.7 Å². The third-order valence-electron chi connectivity index (χ3n) is 5.24. The minimum absolute atomic E-state index is 0.115. The fourth-order valence-corrected chi connectivity index (χ4v) is 3.84. The summed E-state index contributed by atoms with van der Waals surface area (Å²) in [6.45, 7) is 0.115. The number of hydrogen-bond donors (Lipinski definition) is 1. The number of furan rings is 1. The van der Waals surface area contributed by atoms with E-state index in [1.807, 2.05) is 77.4 Å². The molecule has 0 radical (unpaired) electrons. The lowest BCUT2D eigenvalue weighted by atomic mass is 10.0. The van der Waals surface area contributed by atoms with Crippen molar-refractivity contribution in [3.05, 3.63) is 110 Å². The standard InChI is InChI=1S/C27H21N3O2/c31-26(29-25-15-7-8-16-28-25)19-30-23(21-12-5-2-6-13-21)18-22(20-10-3-1-4-11-20)27(30)24-14-9-17-32-24/h1-18H,19H2,(H,28,29,31). The van der Waals surface area contributed by atoms with Crippen molar-refractivity contribution in [3.8, 4) is 33.8 Å². The summed E-state index contributed by atoms with van der Waals surface area (Å²) in [4.78, 5) is 17.2. The molecule has 32 heavy (non-hydrogen) atoms. The number of carbonyl (C=O) groups is 1. The van der Waals surface area contributed by atoms with Gasteiger partial charge in [0.25, 0.3) is 0 Å². The molecule has 3 heterocycles. The van der Waals surface area contributed by atoms with Crippen LogP contribution in [-0.4, -0.2) is 15.5 Å². The van der Waals surface area contributed by atoms with Crippen molar-refractivity contribution in [1.82, 2.24) is 9.55 Å². The summed E-state index contributed by atoms with van der Waals surface area (Å²) in [7, 11) is 0. The van der Waals surface area contributed by atoms with Gasteiger partial charge in [0.15, 0.2) is 5.76 Å². The van der Waals surface area contributed by atoms with Crippen LogP contribution in [0, 0.1) is 0 Å². The molecule has 1 amide bonds. The van der Waals surface area contributed by atoms with E-state index in [9.17, 15) is 4.79 Å². The molecule has 5 nitrogen and oxygen atoms in total. The molecule has 0 spiro atoms. The smallest absolute Gasteiger partial charge is 0.245 e. The highest BCUT2D eigenvalue weighted by Gasteiger charge is 2.22. The second kappa shape index (κ2) is 8.78. The Labute approximate surface area is 186 Å². The lowest BCUT2D eigenvalue weighted by Gasteiger charge is -2.14. The van der Waals surface area contributed by atoms with E-state index in [0.717, 1.165) is 28.1 Å². The van der Waals surface area contributed by atoms with E-state index in [0.29, 0.717) is 11.6 Å². The molecule has 5 rings (SSSR count). The van der Waals surface area contributed by atoms with Crippen LogP contribution in [0.15, 0.2) is 114 Å². The first kappa shape index (κ1) is 19.6. The van der Waals surface area contributed by atoms with Gasteiger partial charge in [0, 0.05) is 17.5 Å². The van der Waals surface area contributed by atoms with Gasteiger partial charge >= 0.3 is 0 Å². The summed E-state index contributed by atoms with van der Waals surface area (Å²) < 4.78 is 7.82. The zero-order valence-electron chi connectivity index (χ0n) is 17.3. The molecular formula is C27H21N3O2. The minimum Gasteiger partial charge on any atom is -0.463 e. The van der Waals surface area contributed by atoms with Gasteiger partial charge in [-0.05, 0) is 41.5 Å². The van der Waals surface area contributed by atoms with Crippen molar-refractivity contribution < 1.29 is 9.21 Å². The molecule has 0 atom stereocenters. The molecular weight excluding hydrogens is 398 g/mol. The van der Waals surface area contributed by atoms with Crippen LogP contribution in [0.3, 0.4) is 0 Å². The number of hydrogen-bond acceptors (Lipinski definition) is 3. The van der Waals surface area contributed by atoms with Crippen LogP contribution >= 0.6 is 0 Å². The van der Waals surface area contributed by atoms with Gasteiger partial charge in [-0.15, -0.1) is 0 Å². The molecule has 0 saturated heterocycles. The van der Waals surface area contributed by atoms with Crippen molar-refractivity contribution >= 4 is 11.7 Å². The Bertz CT molecular complexity index is 1310. The van der Waals surface area contributed by atoms with Gasteiger partial charge in [0.2, 0.25) is 5.91 Å². The molecule has 0 aliphatic rings. The summed E-state index contributed by atoms with van der Waals surface area (Å²) in [5, 5.41) is 2.89. The first-order valence-electron chi connectivity index (χ1n) is 10.4. The predicted molar refractivity (Wildman–Crippen MR) is 126 cm³/mol. The van der Waals surface area contributed by atoms with Crippen molar-refractivity contribution in [2.75, 3.05) is 5.32 Å². The summed E-state index contributed by atoms with van der Waals surface area (Å²) in [6.07, 6.45) is 3.31. The lowest BCUT2D eigenvalue weighted by molar-refractivity contribution is -0.116. The largest absolute Gasteiger partial charge is 0.463 e. The van der Waals surface area contributed by atoms with Crippen LogP contribution in [0.1, 0.15) is 0 Å². The molecule has 156 valence electrons. The Balaban J connectivity index is 1.66. The van der Waals surface area contributed by atoms with Crippen LogP contribution in [0.25, 0.3) is 33.8 Å². The Kier molecular flexibility index (Phi) is 5.37. The number of nitrogens with zero attached hydrogens (tertiary/aromatic N) is 2. The molecule has 3 aromatic heterocycles. The first-order chi connectivity index (χ1) is 15.8. The molecule has 0 fully saturated rings. The molecule has 0 unspecified atom stereocenters. The van der Waals surface area contributed by atoms with Crippen LogP contribution in [0.4, 0.5) is 5.82 Å². The molecule has 0 saturated carbocycles. The van der Waals surface area contributed by atoms with Crippen LogP contribution in [-0.2, 0) is 11.3 Å². The Morgan fingerprint density at radius 1 is 0.844 bits per heavy atom. The van der Waals surface area contributed by atoms with Crippen LogP contribution in [0.2, 0.25) is 0 Å². The second-order valence-corrected chi connectivity index (χ2v) is 7.35. The third kappa shape index (κ3) is 3.96. The van der Waals surface area contributed by atoms with E-state index in [4.69, 9.17) is 4.42 Å². The predicted octanol–water partition coefficient (Wildman–Crippen LogP) is 6.12. The van der Waals surface area contributed by atoms with Crippen molar-refractivity contribution in [2.24, 2.45) is 0 Å². The minimum atomic E-state index is -0.163. The average molecular weight is 419 g/mol. The van der Waals surface area contributed by atoms with E-state index < -0.39 is 0 Å². The number of amides is 1. The normalized spacial score (nSPS) is 10.8. The fourth-order valence-electron chi connectivity index (χ4n) is 3.84. The number of benzene rings is 2. The molecule has 0 aliphatic carbocycles. The van der Waals surface area contributed by atoms with Crippen LogP contribution in [0.5, 0.6) is 0 Å². The van der Waals surface area contributed by atoms with Gasteiger partial charge in [-0.3, -0.25) is 4.79 Å². The highest BCUT2D eigenvalue weighted by Crippen LogP contribution is 2.39. The Morgan fingerprint density at radius 2 is 1.56 bits per heavy atom. The average Bonchev–Trinajstić information content (AvgIpc) is 3.49. The molecule has 5 heteroatoms. The van der Waals surface area contributed by atoms with Crippen molar-refractivity contribution in [1.29, 1.82) is 0 Å². The number of pyridine rings is 1. The van der Waals surface area contributed by atoms with Crippen molar-refractivity contribution in [3.63, 3.8) is 0 Å². The van der Waals surface area contributed by atoms with Gasteiger partial charge < -0.3 is 14.3 Å². The number of nitrogens with one attached hydrogen (secondary N) is 1. The molecule has 0 bridgehead atoms.